The van der Waals surface area contributed by atoms with Crippen LogP contribution >= 0.6 is 0 Å². The molecule has 0 bridgehead atoms. The molecular weight excluding hydrogens is 507 g/mol. The van der Waals surface area contributed by atoms with Crippen molar-refractivity contribution in [3.05, 3.63) is 77.6 Å². The Balaban J connectivity index is 1.53. The van der Waals surface area contributed by atoms with Crippen LogP contribution in [0.5, 0.6) is 5.75 Å². The van der Waals surface area contributed by atoms with Crippen LogP contribution in [-0.2, 0) is 4.79 Å². The maximum atomic E-state index is 13.3. The van der Waals surface area contributed by atoms with Gasteiger partial charge in [-0.1, -0.05) is 12.1 Å². The van der Waals surface area contributed by atoms with Crippen molar-refractivity contribution >= 4 is 28.6 Å². The van der Waals surface area contributed by atoms with Crippen molar-refractivity contribution in [2.45, 2.75) is 24.7 Å². The third kappa shape index (κ3) is 4.98. The fourth-order valence-corrected chi connectivity index (χ4v) is 3.98. The molecule has 2 heterocycles. The zero-order valence-electron chi connectivity index (χ0n) is 19.3. The monoisotopic (exact) mass is 525 g/mol. The van der Waals surface area contributed by atoms with E-state index in [2.05, 4.69) is 25.3 Å². The SMILES string of the molecule is O=C(O)NC1(C(=O)Nc2cc(-n3cnc4cc(-c5cccnc5)ccc4c3=O)ccc2OC(F)(F)F)CC1. The van der Waals surface area contributed by atoms with Crippen LogP contribution in [0.15, 0.2) is 72.0 Å². The summed E-state index contributed by atoms with van der Waals surface area (Å²) in [7, 11) is 0. The molecule has 0 saturated heterocycles. The first-order valence-corrected chi connectivity index (χ1v) is 11.2. The highest BCUT2D eigenvalue weighted by molar-refractivity contribution is 6.03. The summed E-state index contributed by atoms with van der Waals surface area (Å²) >= 11 is 0. The molecule has 2 amide bonds. The number of carboxylic acid groups (broad SMARTS) is 1. The molecule has 0 spiro atoms. The molecule has 13 heteroatoms. The standard InChI is InChI=1S/C25H18F3N5O5/c26-25(27,28)38-20-6-4-16(11-19(20)31-22(35)24(7-8-24)32-23(36)37)33-13-30-18-10-14(3-5-17(18)21(33)34)15-2-1-9-29-12-15/h1-6,9-13,32H,7-8H2,(H,31,35)(H,36,37). The number of halogens is 3. The average molecular weight is 525 g/mol. The Kier molecular flexibility index (Phi) is 5.97. The molecule has 2 aromatic carbocycles. The average Bonchev–Trinajstić information content (AvgIpc) is 3.65. The molecule has 3 N–H and O–H groups in total. The fraction of sp³-hybridized carbons (Fsp3) is 0.160. The highest BCUT2D eigenvalue weighted by atomic mass is 19.4. The number of aromatic nitrogens is 3. The molecule has 0 atom stereocenters. The van der Waals surface area contributed by atoms with Crippen molar-refractivity contribution in [1.29, 1.82) is 0 Å². The Hall–Kier alpha value is -4.94. The molecule has 5 rings (SSSR count). The lowest BCUT2D eigenvalue weighted by atomic mass is 10.1. The van der Waals surface area contributed by atoms with Crippen LogP contribution in [0.4, 0.5) is 23.7 Å². The van der Waals surface area contributed by atoms with E-state index in [-0.39, 0.29) is 23.9 Å². The summed E-state index contributed by atoms with van der Waals surface area (Å²) in [6, 6.07) is 11.9. The largest absolute Gasteiger partial charge is 0.573 e. The lowest BCUT2D eigenvalue weighted by Crippen LogP contribution is -2.45. The Morgan fingerprint density at radius 2 is 1.87 bits per heavy atom. The van der Waals surface area contributed by atoms with Crippen molar-refractivity contribution in [3.63, 3.8) is 0 Å². The number of amides is 2. The van der Waals surface area contributed by atoms with E-state index in [1.54, 1.807) is 36.7 Å². The Morgan fingerprint density at radius 1 is 1.08 bits per heavy atom. The molecule has 1 aliphatic carbocycles. The van der Waals surface area contributed by atoms with Gasteiger partial charge >= 0.3 is 12.5 Å². The third-order valence-corrected chi connectivity index (χ3v) is 6.00. The molecule has 1 saturated carbocycles. The van der Waals surface area contributed by atoms with E-state index in [9.17, 15) is 27.6 Å². The van der Waals surface area contributed by atoms with Gasteiger partial charge in [-0.3, -0.25) is 19.1 Å². The first-order valence-electron chi connectivity index (χ1n) is 11.2. The summed E-state index contributed by atoms with van der Waals surface area (Å²) < 4.78 is 44.1. The van der Waals surface area contributed by atoms with E-state index in [0.29, 0.717) is 5.52 Å². The molecular formula is C25H18F3N5O5. The normalized spacial score (nSPS) is 14.1. The molecule has 4 aromatic rings. The number of rotatable bonds is 6. The number of ether oxygens (including phenoxy) is 1. The number of fused-ring (bicyclic) bond motifs is 1. The lowest BCUT2D eigenvalue weighted by Gasteiger charge is -2.19. The van der Waals surface area contributed by atoms with Crippen LogP contribution in [-0.4, -0.2) is 43.5 Å². The van der Waals surface area contributed by atoms with Crippen molar-refractivity contribution in [3.8, 4) is 22.6 Å². The highest BCUT2D eigenvalue weighted by Gasteiger charge is 2.51. The van der Waals surface area contributed by atoms with Gasteiger partial charge in [0.2, 0.25) is 5.91 Å². The maximum absolute atomic E-state index is 13.3. The molecule has 0 aliphatic heterocycles. The van der Waals surface area contributed by atoms with Gasteiger partial charge in [0.05, 0.1) is 22.3 Å². The second-order valence-corrected chi connectivity index (χ2v) is 8.59. The van der Waals surface area contributed by atoms with Crippen molar-refractivity contribution in [2.24, 2.45) is 0 Å². The number of benzene rings is 2. The van der Waals surface area contributed by atoms with Gasteiger partial charge in [-0.05, 0) is 54.8 Å². The molecule has 0 unspecified atom stereocenters. The summed E-state index contributed by atoms with van der Waals surface area (Å²) in [5, 5.41) is 13.6. The summed E-state index contributed by atoms with van der Waals surface area (Å²) in [5.74, 6) is -1.58. The van der Waals surface area contributed by atoms with Crippen molar-refractivity contribution in [2.75, 3.05) is 5.32 Å². The number of anilines is 1. The first-order chi connectivity index (χ1) is 18.0. The van der Waals surface area contributed by atoms with Crippen molar-refractivity contribution < 1.29 is 32.6 Å². The van der Waals surface area contributed by atoms with Gasteiger partial charge in [0.1, 0.15) is 11.9 Å². The van der Waals surface area contributed by atoms with E-state index in [1.807, 2.05) is 6.07 Å². The van der Waals surface area contributed by atoms with Crippen LogP contribution < -0.4 is 20.9 Å². The zero-order chi connectivity index (χ0) is 27.1. The van der Waals surface area contributed by atoms with Gasteiger partial charge in [-0.25, -0.2) is 9.78 Å². The molecule has 38 heavy (non-hydrogen) atoms. The van der Waals surface area contributed by atoms with E-state index >= 15 is 0 Å². The summed E-state index contributed by atoms with van der Waals surface area (Å²) in [5.41, 5.74) is -0.243. The highest BCUT2D eigenvalue weighted by Crippen LogP contribution is 2.39. The second kappa shape index (κ2) is 9.18. The fourth-order valence-electron chi connectivity index (χ4n) is 3.98. The first kappa shape index (κ1) is 24.7. The number of pyridine rings is 1. The molecule has 1 fully saturated rings. The number of hydrogen-bond acceptors (Lipinski definition) is 6. The number of carbonyl (C=O) groups is 2. The lowest BCUT2D eigenvalue weighted by molar-refractivity contribution is -0.274. The number of alkyl halides is 3. The number of nitrogens with zero attached hydrogens (tertiary/aromatic N) is 3. The summed E-state index contributed by atoms with van der Waals surface area (Å²) in [6.45, 7) is 0. The Morgan fingerprint density at radius 3 is 2.53 bits per heavy atom. The topological polar surface area (TPSA) is 135 Å². The number of carbonyl (C=O) groups excluding carboxylic acids is 1. The van der Waals surface area contributed by atoms with Crippen LogP contribution in [0.1, 0.15) is 12.8 Å². The smallest absolute Gasteiger partial charge is 0.465 e. The van der Waals surface area contributed by atoms with E-state index in [4.69, 9.17) is 5.11 Å². The van der Waals surface area contributed by atoms with Crippen LogP contribution in [0.2, 0.25) is 0 Å². The number of hydrogen-bond donors (Lipinski definition) is 3. The number of nitrogens with one attached hydrogen (secondary N) is 2. The van der Waals surface area contributed by atoms with Crippen LogP contribution in [0, 0.1) is 0 Å². The Labute approximate surface area is 211 Å². The molecule has 2 aromatic heterocycles. The van der Waals surface area contributed by atoms with Gasteiger partial charge in [-0.2, -0.15) is 0 Å². The van der Waals surface area contributed by atoms with Gasteiger partial charge in [0.25, 0.3) is 5.56 Å². The molecule has 0 radical (unpaired) electrons. The van der Waals surface area contributed by atoms with Crippen molar-refractivity contribution in [1.82, 2.24) is 19.9 Å². The second-order valence-electron chi connectivity index (χ2n) is 8.59. The minimum atomic E-state index is -5.06. The minimum Gasteiger partial charge on any atom is -0.465 e. The van der Waals surface area contributed by atoms with Crippen LogP contribution in [0.25, 0.3) is 27.7 Å². The van der Waals surface area contributed by atoms with E-state index < -0.39 is 40.9 Å². The quantitative estimate of drug-likeness (QED) is 0.345. The molecule has 10 nitrogen and oxygen atoms in total. The predicted octanol–water partition coefficient (Wildman–Crippen LogP) is 4.09. The Bertz CT molecular complexity index is 1620. The third-order valence-electron chi connectivity index (χ3n) is 6.00. The summed E-state index contributed by atoms with van der Waals surface area (Å²) in [6.07, 6.45) is -1.64. The van der Waals surface area contributed by atoms with Crippen LogP contribution in [0.3, 0.4) is 0 Å². The predicted molar refractivity (Wildman–Crippen MR) is 129 cm³/mol. The van der Waals surface area contributed by atoms with Gasteiger partial charge in [-0.15, -0.1) is 13.2 Å². The molecule has 1 aliphatic rings. The van der Waals surface area contributed by atoms with Gasteiger partial charge < -0.3 is 20.5 Å². The minimum absolute atomic E-state index is 0.0987. The van der Waals surface area contributed by atoms with Gasteiger partial charge in [0.15, 0.2) is 5.75 Å². The zero-order valence-corrected chi connectivity index (χ0v) is 19.3. The van der Waals surface area contributed by atoms with Gasteiger partial charge in [0, 0.05) is 18.0 Å². The van der Waals surface area contributed by atoms with E-state index in [1.165, 1.54) is 12.4 Å². The molecule has 194 valence electrons. The summed E-state index contributed by atoms with van der Waals surface area (Å²) in [4.78, 5) is 45.4. The van der Waals surface area contributed by atoms with E-state index in [0.717, 1.165) is 27.8 Å². The maximum Gasteiger partial charge on any atom is 0.573 e.